The van der Waals surface area contributed by atoms with Crippen LogP contribution in [0.2, 0.25) is 0 Å². The number of carbonyl (C=O) groups is 2. The molecule has 4 rings (SSSR count). The van der Waals surface area contributed by atoms with E-state index in [4.69, 9.17) is 9.47 Å². The molecular formula is C26H21Br2FN2O4. The molecule has 0 saturated carbocycles. The number of halogens is 3. The number of amides is 3. The Labute approximate surface area is 219 Å². The van der Waals surface area contributed by atoms with Gasteiger partial charge >= 0.3 is 6.03 Å². The third kappa shape index (κ3) is 6.10. The van der Waals surface area contributed by atoms with Gasteiger partial charge in [0.05, 0.1) is 13.2 Å². The number of rotatable bonds is 8. The highest BCUT2D eigenvalue weighted by Crippen LogP contribution is 2.36. The van der Waals surface area contributed by atoms with E-state index in [0.717, 1.165) is 20.5 Å². The van der Waals surface area contributed by atoms with E-state index in [1.54, 1.807) is 30.3 Å². The molecule has 0 aromatic heterocycles. The van der Waals surface area contributed by atoms with Crippen LogP contribution in [0.4, 0.5) is 9.18 Å². The third-order valence-electron chi connectivity index (χ3n) is 5.19. The molecule has 1 aliphatic rings. The van der Waals surface area contributed by atoms with Crippen LogP contribution < -0.4 is 14.8 Å². The molecule has 0 atom stereocenters. The summed E-state index contributed by atoms with van der Waals surface area (Å²) in [7, 11) is 0. The number of carbonyl (C=O) groups excluding carboxylic acids is 2. The zero-order valence-electron chi connectivity index (χ0n) is 18.7. The van der Waals surface area contributed by atoms with Crippen molar-refractivity contribution in [2.24, 2.45) is 0 Å². The monoisotopic (exact) mass is 602 g/mol. The van der Waals surface area contributed by atoms with Gasteiger partial charge in [-0.25, -0.2) is 9.18 Å². The quantitative estimate of drug-likeness (QED) is 0.238. The van der Waals surface area contributed by atoms with Crippen LogP contribution in [0.25, 0.3) is 6.08 Å². The van der Waals surface area contributed by atoms with Crippen LogP contribution >= 0.6 is 31.9 Å². The van der Waals surface area contributed by atoms with Gasteiger partial charge in [0, 0.05) is 8.95 Å². The molecule has 1 aliphatic heterocycles. The topological polar surface area (TPSA) is 67.9 Å². The number of imide groups is 1. The van der Waals surface area contributed by atoms with Crippen molar-refractivity contribution in [1.82, 2.24) is 10.2 Å². The zero-order valence-corrected chi connectivity index (χ0v) is 21.9. The molecule has 3 aromatic carbocycles. The smallest absolute Gasteiger partial charge is 0.329 e. The average molecular weight is 604 g/mol. The highest BCUT2D eigenvalue weighted by Gasteiger charge is 2.33. The standard InChI is InChI=1S/C26H21Br2FN2O4/c1-2-34-23-12-18(21(28)13-24(23)35-15-17-5-9-20(29)10-6-17)11-22-25(32)31(26(33)30-22)14-16-3-7-19(27)8-4-16/h3-13H,2,14-15H2,1H3,(H,30,33)/b22-11+. The molecule has 0 radical (unpaired) electrons. The molecular weight excluding hydrogens is 583 g/mol. The van der Waals surface area contributed by atoms with Gasteiger partial charge in [0.25, 0.3) is 5.91 Å². The molecule has 6 nitrogen and oxygen atoms in total. The lowest BCUT2D eigenvalue weighted by molar-refractivity contribution is -0.123. The van der Waals surface area contributed by atoms with Crippen LogP contribution in [0.1, 0.15) is 23.6 Å². The van der Waals surface area contributed by atoms with Gasteiger partial charge in [-0.2, -0.15) is 0 Å². The summed E-state index contributed by atoms with van der Waals surface area (Å²) in [5.74, 6) is 0.240. The van der Waals surface area contributed by atoms with Crippen molar-refractivity contribution in [3.63, 3.8) is 0 Å². The highest BCUT2D eigenvalue weighted by atomic mass is 79.9. The molecule has 1 heterocycles. The first-order valence-electron chi connectivity index (χ1n) is 10.8. The molecule has 0 unspecified atom stereocenters. The average Bonchev–Trinajstić information content (AvgIpc) is 3.10. The molecule has 1 fully saturated rings. The first-order chi connectivity index (χ1) is 16.8. The van der Waals surface area contributed by atoms with Crippen molar-refractivity contribution in [3.8, 4) is 11.5 Å². The lowest BCUT2D eigenvalue weighted by Gasteiger charge is -2.14. The summed E-state index contributed by atoms with van der Waals surface area (Å²) in [5, 5.41) is 2.64. The minimum Gasteiger partial charge on any atom is -0.490 e. The van der Waals surface area contributed by atoms with Crippen molar-refractivity contribution < 1.29 is 23.5 Å². The summed E-state index contributed by atoms with van der Waals surface area (Å²) >= 11 is 6.89. The maximum atomic E-state index is 13.2. The Morgan fingerprint density at radius 2 is 1.60 bits per heavy atom. The van der Waals surface area contributed by atoms with Crippen molar-refractivity contribution in [3.05, 3.63) is 97.8 Å². The number of hydrogen-bond acceptors (Lipinski definition) is 4. The summed E-state index contributed by atoms with van der Waals surface area (Å²) in [5.41, 5.74) is 2.44. The molecule has 180 valence electrons. The van der Waals surface area contributed by atoms with E-state index in [0.29, 0.717) is 28.1 Å². The molecule has 1 N–H and O–H groups in total. The lowest BCUT2D eigenvalue weighted by atomic mass is 10.1. The number of nitrogens with one attached hydrogen (secondary N) is 1. The molecule has 0 aliphatic carbocycles. The van der Waals surface area contributed by atoms with E-state index in [1.807, 2.05) is 31.2 Å². The lowest BCUT2D eigenvalue weighted by Crippen LogP contribution is -2.30. The van der Waals surface area contributed by atoms with Gasteiger partial charge in [-0.1, -0.05) is 56.1 Å². The molecule has 3 aromatic rings. The van der Waals surface area contributed by atoms with Crippen molar-refractivity contribution in [2.75, 3.05) is 6.61 Å². The van der Waals surface area contributed by atoms with E-state index in [-0.39, 0.29) is 24.7 Å². The molecule has 3 amide bonds. The predicted octanol–water partition coefficient (Wildman–Crippen LogP) is 6.42. The number of hydrogen-bond donors (Lipinski definition) is 1. The van der Waals surface area contributed by atoms with Gasteiger partial charge in [-0.15, -0.1) is 0 Å². The molecule has 1 saturated heterocycles. The molecule has 9 heteroatoms. The molecule has 0 spiro atoms. The highest BCUT2D eigenvalue weighted by molar-refractivity contribution is 9.10. The second-order valence-electron chi connectivity index (χ2n) is 7.67. The molecule has 0 bridgehead atoms. The Hall–Kier alpha value is -3.17. The van der Waals surface area contributed by atoms with E-state index >= 15 is 0 Å². The Kier molecular flexibility index (Phi) is 7.87. The van der Waals surface area contributed by atoms with Crippen molar-refractivity contribution >= 4 is 49.9 Å². The Morgan fingerprint density at radius 3 is 2.29 bits per heavy atom. The number of nitrogens with zero attached hydrogens (tertiary/aromatic N) is 1. The minimum atomic E-state index is -0.482. The fourth-order valence-electron chi connectivity index (χ4n) is 3.43. The van der Waals surface area contributed by atoms with Crippen LogP contribution in [0.3, 0.4) is 0 Å². The van der Waals surface area contributed by atoms with E-state index in [9.17, 15) is 14.0 Å². The first kappa shape index (κ1) is 24.9. The fraction of sp³-hybridized carbons (Fsp3) is 0.154. The second-order valence-corrected chi connectivity index (χ2v) is 9.44. The minimum absolute atomic E-state index is 0.162. The largest absolute Gasteiger partial charge is 0.490 e. The van der Waals surface area contributed by atoms with Crippen molar-refractivity contribution in [2.45, 2.75) is 20.1 Å². The number of benzene rings is 3. The Morgan fingerprint density at radius 1 is 0.943 bits per heavy atom. The zero-order chi connectivity index (χ0) is 24.9. The van der Waals surface area contributed by atoms with E-state index < -0.39 is 11.9 Å². The van der Waals surface area contributed by atoms with Crippen LogP contribution in [-0.2, 0) is 17.9 Å². The van der Waals surface area contributed by atoms with Crippen LogP contribution in [0.5, 0.6) is 11.5 Å². The normalized spacial score (nSPS) is 14.4. The van der Waals surface area contributed by atoms with Crippen LogP contribution in [0.15, 0.2) is 75.3 Å². The maximum absolute atomic E-state index is 13.2. The maximum Gasteiger partial charge on any atom is 0.329 e. The van der Waals surface area contributed by atoms with Crippen LogP contribution in [-0.4, -0.2) is 23.4 Å². The second kappa shape index (κ2) is 11.0. The summed E-state index contributed by atoms with van der Waals surface area (Å²) in [6.45, 7) is 2.65. The summed E-state index contributed by atoms with van der Waals surface area (Å²) in [6.07, 6.45) is 1.60. The predicted molar refractivity (Wildman–Crippen MR) is 137 cm³/mol. The number of urea groups is 1. The van der Waals surface area contributed by atoms with Crippen LogP contribution in [0, 0.1) is 5.82 Å². The Bertz CT molecular complexity index is 1280. The third-order valence-corrected chi connectivity index (χ3v) is 6.40. The summed E-state index contributed by atoms with van der Waals surface area (Å²) in [4.78, 5) is 26.6. The van der Waals surface area contributed by atoms with Gasteiger partial charge in [0.2, 0.25) is 0 Å². The first-order valence-corrected chi connectivity index (χ1v) is 12.3. The fourth-order valence-corrected chi connectivity index (χ4v) is 4.13. The van der Waals surface area contributed by atoms with Gasteiger partial charge in [-0.05, 0) is 66.1 Å². The molecule has 35 heavy (non-hydrogen) atoms. The summed E-state index contributed by atoms with van der Waals surface area (Å²) < 4.78 is 26.4. The van der Waals surface area contributed by atoms with Gasteiger partial charge in [-0.3, -0.25) is 9.69 Å². The number of ether oxygens (including phenoxy) is 2. The van der Waals surface area contributed by atoms with Gasteiger partial charge in [0.1, 0.15) is 18.1 Å². The van der Waals surface area contributed by atoms with E-state index in [2.05, 4.69) is 37.2 Å². The van der Waals surface area contributed by atoms with Gasteiger partial charge in [0.15, 0.2) is 11.5 Å². The van der Waals surface area contributed by atoms with Crippen molar-refractivity contribution in [1.29, 1.82) is 0 Å². The Balaban J connectivity index is 1.54. The SMILES string of the molecule is CCOc1cc(/C=C2/NC(=O)N(Cc3ccc(Br)cc3)C2=O)c(Br)cc1OCc1ccc(F)cc1. The van der Waals surface area contributed by atoms with E-state index in [1.165, 1.54) is 12.1 Å². The summed E-state index contributed by atoms with van der Waals surface area (Å²) in [6, 6.07) is 16.5. The van der Waals surface area contributed by atoms with Gasteiger partial charge < -0.3 is 14.8 Å².